The van der Waals surface area contributed by atoms with Crippen molar-refractivity contribution < 1.29 is 13.2 Å². The molecule has 0 radical (unpaired) electrons. The van der Waals surface area contributed by atoms with Crippen LogP contribution in [-0.4, -0.2) is 53.5 Å². The van der Waals surface area contributed by atoms with Crippen molar-refractivity contribution in [2.75, 3.05) is 18.1 Å². The van der Waals surface area contributed by atoms with Gasteiger partial charge in [0.1, 0.15) is 0 Å². The Bertz CT molecular complexity index is 636. The Kier molecular flexibility index (Phi) is 4.51. The van der Waals surface area contributed by atoms with Crippen molar-refractivity contribution in [3.8, 4) is 0 Å². The van der Waals surface area contributed by atoms with Gasteiger partial charge in [0.25, 0.3) is 5.91 Å². The van der Waals surface area contributed by atoms with Gasteiger partial charge in [-0.25, -0.2) is 8.42 Å². The van der Waals surface area contributed by atoms with Gasteiger partial charge >= 0.3 is 0 Å². The molecule has 20 heavy (non-hydrogen) atoms. The quantitative estimate of drug-likeness (QED) is 0.833. The molecule has 1 saturated heterocycles. The van der Waals surface area contributed by atoms with E-state index in [4.69, 9.17) is 23.2 Å². The van der Waals surface area contributed by atoms with Crippen LogP contribution in [0.1, 0.15) is 23.7 Å². The molecule has 1 fully saturated rings. The molecule has 2 heterocycles. The highest BCUT2D eigenvalue weighted by atomic mass is 35.5. The van der Waals surface area contributed by atoms with Crippen molar-refractivity contribution in [1.29, 1.82) is 0 Å². The van der Waals surface area contributed by atoms with Crippen molar-refractivity contribution in [1.82, 2.24) is 15.1 Å². The zero-order chi connectivity index (χ0) is 14.9. The Labute approximate surface area is 127 Å². The van der Waals surface area contributed by atoms with E-state index in [1.54, 1.807) is 6.92 Å². The van der Waals surface area contributed by atoms with Crippen molar-refractivity contribution in [2.24, 2.45) is 0 Å². The fourth-order valence-electron chi connectivity index (χ4n) is 2.25. The van der Waals surface area contributed by atoms with Gasteiger partial charge in [-0.3, -0.25) is 4.79 Å². The van der Waals surface area contributed by atoms with Gasteiger partial charge in [-0.15, -0.1) is 10.2 Å². The summed E-state index contributed by atoms with van der Waals surface area (Å²) in [5.74, 6) is -0.294. The van der Waals surface area contributed by atoms with Crippen molar-refractivity contribution in [3.05, 3.63) is 21.9 Å². The molecule has 0 aliphatic carbocycles. The number of halogens is 2. The highest BCUT2D eigenvalue weighted by molar-refractivity contribution is 7.91. The van der Waals surface area contributed by atoms with E-state index >= 15 is 0 Å². The number of hydrogen-bond acceptors (Lipinski definition) is 5. The first-order valence-corrected chi connectivity index (χ1v) is 8.62. The molecule has 2 rings (SSSR count). The SMILES string of the molecule is CCN(C(=O)c1cc(Cl)nnc1Cl)C1CCS(=O)(=O)C1. The largest absolute Gasteiger partial charge is 0.335 e. The lowest BCUT2D eigenvalue weighted by Crippen LogP contribution is -2.41. The summed E-state index contributed by atoms with van der Waals surface area (Å²) in [5, 5.41) is 7.15. The van der Waals surface area contributed by atoms with Gasteiger partial charge in [0, 0.05) is 12.6 Å². The van der Waals surface area contributed by atoms with Gasteiger partial charge in [-0.1, -0.05) is 23.2 Å². The fraction of sp³-hybridized carbons (Fsp3) is 0.545. The number of aromatic nitrogens is 2. The third-order valence-corrected chi connectivity index (χ3v) is 5.41. The van der Waals surface area contributed by atoms with E-state index in [-0.39, 0.29) is 39.3 Å². The molecular formula is C11H13Cl2N3O3S. The maximum absolute atomic E-state index is 12.5. The number of rotatable bonds is 3. The predicted molar refractivity (Wildman–Crippen MR) is 75.8 cm³/mol. The zero-order valence-corrected chi connectivity index (χ0v) is 13.0. The third kappa shape index (κ3) is 3.21. The van der Waals surface area contributed by atoms with Crippen LogP contribution in [0.2, 0.25) is 10.3 Å². The standard InChI is InChI=1S/C11H13Cl2N3O3S/c1-2-16(7-3-4-20(18,19)6-7)11(17)8-5-9(12)14-15-10(8)13/h5,7H,2-4,6H2,1H3. The lowest BCUT2D eigenvalue weighted by molar-refractivity contribution is 0.0708. The van der Waals surface area contributed by atoms with E-state index in [0.717, 1.165) is 0 Å². The molecule has 0 N–H and O–H groups in total. The Morgan fingerprint density at radius 3 is 2.70 bits per heavy atom. The summed E-state index contributed by atoms with van der Waals surface area (Å²) in [4.78, 5) is 14.0. The monoisotopic (exact) mass is 337 g/mol. The number of sulfone groups is 1. The van der Waals surface area contributed by atoms with Gasteiger partial charge in [0.15, 0.2) is 20.1 Å². The average molecular weight is 338 g/mol. The van der Waals surface area contributed by atoms with E-state index in [1.807, 2.05) is 0 Å². The molecule has 1 aromatic rings. The minimum absolute atomic E-state index is 0.0174. The number of nitrogens with zero attached hydrogens (tertiary/aromatic N) is 3. The van der Waals surface area contributed by atoms with E-state index in [9.17, 15) is 13.2 Å². The number of amides is 1. The second-order valence-electron chi connectivity index (χ2n) is 4.52. The highest BCUT2D eigenvalue weighted by Crippen LogP contribution is 2.23. The van der Waals surface area contributed by atoms with Crippen LogP contribution < -0.4 is 0 Å². The molecule has 0 saturated carbocycles. The smallest absolute Gasteiger partial charge is 0.257 e. The van der Waals surface area contributed by atoms with E-state index in [2.05, 4.69) is 10.2 Å². The Balaban J connectivity index is 2.28. The predicted octanol–water partition coefficient (Wildman–Crippen LogP) is 1.43. The van der Waals surface area contributed by atoms with Crippen LogP contribution in [0.5, 0.6) is 0 Å². The van der Waals surface area contributed by atoms with E-state index in [0.29, 0.717) is 13.0 Å². The second-order valence-corrected chi connectivity index (χ2v) is 7.49. The van der Waals surface area contributed by atoms with Gasteiger partial charge in [-0.2, -0.15) is 0 Å². The summed E-state index contributed by atoms with van der Waals surface area (Å²) in [6.07, 6.45) is 0.436. The Hall–Kier alpha value is -0.920. The first kappa shape index (κ1) is 15.5. The van der Waals surface area contributed by atoms with Crippen LogP contribution in [0.25, 0.3) is 0 Å². The number of hydrogen-bond donors (Lipinski definition) is 0. The topological polar surface area (TPSA) is 80.2 Å². The molecule has 6 nitrogen and oxygen atoms in total. The Morgan fingerprint density at radius 1 is 1.45 bits per heavy atom. The summed E-state index contributed by atoms with van der Waals surface area (Å²) >= 11 is 11.6. The number of carbonyl (C=O) groups excluding carboxylic acids is 1. The molecule has 0 bridgehead atoms. The van der Waals surface area contributed by atoms with Crippen LogP contribution in [0, 0.1) is 0 Å². The molecular weight excluding hydrogens is 325 g/mol. The molecule has 1 aliphatic heterocycles. The zero-order valence-electron chi connectivity index (χ0n) is 10.7. The van der Waals surface area contributed by atoms with E-state index in [1.165, 1.54) is 11.0 Å². The minimum Gasteiger partial charge on any atom is -0.335 e. The molecule has 0 spiro atoms. The van der Waals surface area contributed by atoms with Crippen LogP contribution in [0.3, 0.4) is 0 Å². The summed E-state index contributed by atoms with van der Waals surface area (Å²) in [5.41, 5.74) is 0.137. The van der Waals surface area contributed by atoms with Gasteiger partial charge in [0.2, 0.25) is 0 Å². The molecule has 9 heteroatoms. The first-order chi connectivity index (χ1) is 9.34. The van der Waals surface area contributed by atoms with Crippen molar-refractivity contribution >= 4 is 38.9 Å². The fourth-order valence-corrected chi connectivity index (χ4v) is 4.30. The summed E-state index contributed by atoms with van der Waals surface area (Å²) in [7, 11) is -3.07. The van der Waals surface area contributed by atoms with Crippen molar-refractivity contribution in [2.45, 2.75) is 19.4 Å². The molecule has 1 atom stereocenters. The first-order valence-electron chi connectivity index (χ1n) is 6.04. The molecule has 1 aliphatic rings. The molecule has 1 amide bonds. The lowest BCUT2D eigenvalue weighted by Gasteiger charge is -2.27. The summed E-state index contributed by atoms with van der Waals surface area (Å²) < 4.78 is 23.1. The highest BCUT2D eigenvalue weighted by Gasteiger charge is 2.35. The summed E-state index contributed by atoms with van der Waals surface area (Å²) in [6, 6.07) is 1.01. The van der Waals surface area contributed by atoms with Gasteiger partial charge in [-0.05, 0) is 19.4 Å². The van der Waals surface area contributed by atoms with Crippen LogP contribution in [-0.2, 0) is 9.84 Å². The molecule has 110 valence electrons. The summed E-state index contributed by atoms with van der Waals surface area (Å²) in [6.45, 7) is 2.17. The second kappa shape index (κ2) is 5.83. The normalized spacial score (nSPS) is 20.9. The maximum atomic E-state index is 12.5. The third-order valence-electron chi connectivity index (χ3n) is 3.20. The minimum atomic E-state index is -3.07. The Morgan fingerprint density at radius 2 is 2.15 bits per heavy atom. The van der Waals surface area contributed by atoms with Crippen LogP contribution in [0.4, 0.5) is 0 Å². The molecule has 0 aromatic carbocycles. The van der Waals surface area contributed by atoms with E-state index < -0.39 is 9.84 Å². The van der Waals surface area contributed by atoms with Crippen molar-refractivity contribution in [3.63, 3.8) is 0 Å². The van der Waals surface area contributed by atoms with Gasteiger partial charge < -0.3 is 4.90 Å². The number of carbonyl (C=O) groups is 1. The maximum Gasteiger partial charge on any atom is 0.257 e. The molecule has 1 aromatic heterocycles. The van der Waals surface area contributed by atoms with Crippen LogP contribution in [0.15, 0.2) is 6.07 Å². The average Bonchev–Trinajstić information content (AvgIpc) is 2.73. The lowest BCUT2D eigenvalue weighted by atomic mass is 10.2. The van der Waals surface area contributed by atoms with Gasteiger partial charge in [0.05, 0.1) is 17.1 Å². The van der Waals surface area contributed by atoms with Crippen LogP contribution >= 0.6 is 23.2 Å². The molecule has 1 unspecified atom stereocenters.